The predicted molar refractivity (Wildman–Crippen MR) is 51.1 cm³/mol. The first kappa shape index (κ1) is 10.4. The molecule has 5 nitrogen and oxygen atoms in total. The van der Waals surface area contributed by atoms with E-state index in [0.29, 0.717) is 5.75 Å². The Morgan fingerprint density at radius 2 is 1.86 bits per heavy atom. The fourth-order valence-electron chi connectivity index (χ4n) is 0.691. The Kier molecular flexibility index (Phi) is 3.81. The molecule has 0 heterocycles. The van der Waals surface area contributed by atoms with Crippen LogP contribution in [0.1, 0.15) is 0 Å². The van der Waals surface area contributed by atoms with Crippen LogP contribution < -0.4 is 10.2 Å². The van der Waals surface area contributed by atoms with Gasteiger partial charge >= 0.3 is 11.4 Å². The van der Waals surface area contributed by atoms with E-state index in [0.717, 1.165) is 0 Å². The van der Waals surface area contributed by atoms with Gasteiger partial charge in [0, 0.05) is 0 Å². The quantitative estimate of drug-likeness (QED) is 0.323. The number of nitrogens with one attached hydrogen (secondary N) is 1. The number of hydrogen-bond acceptors (Lipinski definition) is 4. The summed E-state index contributed by atoms with van der Waals surface area (Å²) in [5.74, 6) is 0.325. The van der Waals surface area contributed by atoms with Gasteiger partial charge in [-0.15, -0.1) is 0 Å². The average molecular weight is 213 g/mol. The zero-order valence-corrected chi connectivity index (χ0v) is 7.86. The Morgan fingerprint density at radius 1 is 1.21 bits per heavy atom. The van der Waals surface area contributed by atoms with Crippen molar-refractivity contribution in [1.29, 1.82) is 0 Å². The first-order chi connectivity index (χ1) is 6.68. The van der Waals surface area contributed by atoms with E-state index in [1.54, 1.807) is 35.8 Å². The third-order valence-corrected chi connectivity index (χ3v) is 1.26. The van der Waals surface area contributed by atoms with Crippen molar-refractivity contribution in [2.24, 2.45) is 0 Å². The summed E-state index contributed by atoms with van der Waals surface area (Å²) in [4.78, 5) is 25.2. The molecule has 0 aromatic heterocycles. The minimum Gasteiger partial charge on any atom is -0.393 e. The second kappa shape index (κ2) is 5.13. The Bertz CT molecular complexity index is 327. The van der Waals surface area contributed by atoms with Crippen molar-refractivity contribution in [3.8, 4) is 5.75 Å². The van der Waals surface area contributed by atoms with Crippen LogP contribution in [-0.2, 0) is 4.84 Å². The van der Waals surface area contributed by atoms with Gasteiger partial charge in [-0.3, -0.25) is 4.79 Å². The van der Waals surface area contributed by atoms with Crippen LogP contribution in [-0.4, -0.2) is 11.4 Å². The number of carbonyl (C=O) groups is 2. The Hall–Kier alpha value is -1.69. The molecule has 6 heteroatoms. The summed E-state index contributed by atoms with van der Waals surface area (Å²) in [5, 5.41) is -0.782. The van der Waals surface area contributed by atoms with Crippen LogP contribution in [0.2, 0.25) is 0 Å². The number of hydroxylamine groups is 1. The van der Waals surface area contributed by atoms with Gasteiger partial charge in [-0.1, -0.05) is 30.8 Å². The van der Waals surface area contributed by atoms with Gasteiger partial charge in [0.05, 0.1) is 0 Å². The minimum absolute atomic E-state index is 0.325. The first-order valence-electron chi connectivity index (χ1n) is 3.61. The topological polar surface area (TPSA) is 64.6 Å². The predicted octanol–water partition coefficient (Wildman–Crippen LogP) is 1.76. The molecular weight excluding hydrogens is 206 g/mol. The lowest BCUT2D eigenvalue weighted by molar-refractivity contribution is 0.0677. The average Bonchev–Trinajstić information content (AvgIpc) is 2.16. The molecule has 0 unspecified atom stereocenters. The van der Waals surface area contributed by atoms with E-state index in [2.05, 4.69) is 22.2 Å². The summed E-state index contributed by atoms with van der Waals surface area (Å²) in [5.41, 5.74) is 1.72. The summed E-state index contributed by atoms with van der Waals surface area (Å²) in [6, 6.07) is 8.31. The van der Waals surface area contributed by atoms with Gasteiger partial charge in [0.15, 0.2) is 0 Å². The molecule has 0 bridgehead atoms. The molecule has 14 heavy (non-hydrogen) atoms. The molecule has 1 amide bonds. The smallest absolute Gasteiger partial charge is 0.393 e. The largest absolute Gasteiger partial charge is 0.538 e. The maximum absolute atomic E-state index is 10.8. The molecule has 0 aliphatic carbocycles. The highest BCUT2D eigenvalue weighted by molar-refractivity contribution is 7.96. The lowest BCUT2D eigenvalue weighted by Gasteiger charge is -2.03. The van der Waals surface area contributed by atoms with Crippen LogP contribution in [0.5, 0.6) is 5.75 Å². The van der Waals surface area contributed by atoms with E-state index in [9.17, 15) is 9.59 Å². The molecule has 0 saturated heterocycles. The summed E-state index contributed by atoms with van der Waals surface area (Å²) in [7, 11) is 0. The van der Waals surface area contributed by atoms with Gasteiger partial charge in [0.1, 0.15) is 5.75 Å². The highest BCUT2D eigenvalue weighted by Crippen LogP contribution is 2.08. The number of hydrogen-bond donors (Lipinski definition) is 2. The van der Waals surface area contributed by atoms with E-state index in [4.69, 9.17) is 0 Å². The van der Waals surface area contributed by atoms with Crippen molar-refractivity contribution in [1.82, 2.24) is 5.48 Å². The standard InChI is InChI=1S/C8H7NO4S/c10-7(14)9-13-8(11)12-6-4-2-1-3-5-6/h1-5H,(H2,9,10,14). The lowest BCUT2D eigenvalue weighted by Crippen LogP contribution is -2.24. The molecule has 0 saturated carbocycles. The molecule has 1 rings (SSSR count). The fraction of sp³-hybridized carbons (Fsp3) is 0. The van der Waals surface area contributed by atoms with Crippen LogP contribution in [0.3, 0.4) is 0 Å². The van der Waals surface area contributed by atoms with Crippen LogP contribution >= 0.6 is 12.6 Å². The van der Waals surface area contributed by atoms with Crippen molar-refractivity contribution < 1.29 is 19.2 Å². The summed E-state index contributed by atoms with van der Waals surface area (Å²) in [6.07, 6.45) is -1.03. The molecule has 1 N–H and O–H groups in total. The maximum atomic E-state index is 10.8. The van der Waals surface area contributed by atoms with E-state index >= 15 is 0 Å². The van der Waals surface area contributed by atoms with E-state index in [1.165, 1.54) is 0 Å². The van der Waals surface area contributed by atoms with E-state index < -0.39 is 11.4 Å². The highest BCUT2D eigenvalue weighted by atomic mass is 32.1. The van der Waals surface area contributed by atoms with Gasteiger partial charge in [0.25, 0.3) is 0 Å². The number of para-hydroxylation sites is 1. The van der Waals surface area contributed by atoms with Gasteiger partial charge in [0.2, 0.25) is 0 Å². The highest BCUT2D eigenvalue weighted by Gasteiger charge is 2.06. The van der Waals surface area contributed by atoms with Gasteiger partial charge in [-0.05, 0) is 12.1 Å². The second-order valence-corrected chi connectivity index (χ2v) is 2.58. The lowest BCUT2D eigenvalue weighted by atomic mass is 10.3. The van der Waals surface area contributed by atoms with Crippen LogP contribution in [0.25, 0.3) is 0 Å². The molecule has 0 aliphatic heterocycles. The molecule has 0 radical (unpaired) electrons. The molecule has 74 valence electrons. The van der Waals surface area contributed by atoms with E-state index in [-0.39, 0.29) is 0 Å². The number of rotatable bonds is 1. The normalized spacial score (nSPS) is 8.93. The minimum atomic E-state index is -1.03. The second-order valence-electron chi connectivity index (χ2n) is 2.17. The third kappa shape index (κ3) is 3.81. The fourth-order valence-corrected chi connectivity index (χ4v) is 0.737. The zero-order chi connectivity index (χ0) is 10.4. The molecule has 1 aromatic rings. The Labute approximate surface area is 85.4 Å². The van der Waals surface area contributed by atoms with Crippen molar-refractivity contribution in [3.63, 3.8) is 0 Å². The van der Waals surface area contributed by atoms with E-state index in [1.807, 2.05) is 0 Å². The molecule has 1 aromatic carbocycles. The van der Waals surface area contributed by atoms with Crippen molar-refractivity contribution in [2.75, 3.05) is 0 Å². The Balaban J connectivity index is 2.38. The van der Waals surface area contributed by atoms with Gasteiger partial charge in [-0.2, -0.15) is 5.48 Å². The number of benzene rings is 1. The zero-order valence-electron chi connectivity index (χ0n) is 6.97. The molecule has 0 aliphatic rings. The molecule has 0 fully saturated rings. The van der Waals surface area contributed by atoms with Crippen LogP contribution in [0.15, 0.2) is 30.3 Å². The molecule has 0 atom stereocenters. The van der Waals surface area contributed by atoms with Crippen molar-refractivity contribution >= 4 is 24.0 Å². The van der Waals surface area contributed by atoms with Gasteiger partial charge < -0.3 is 9.57 Å². The van der Waals surface area contributed by atoms with Crippen molar-refractivity contribution in [3.05, 3.63) is 30.3 Å². The summed E-state index contributed by atoms with van der Waals surface area (Å²) in [6.45, 7) is 0. The van der Waals surface area contributed by atoms with Crippen LogP contribution in [0.4, 0.5) is 9.59 Å². The number of thiol groups is 1. The molecule has 0 spiro atoms. The summed E-state index contributed by atoms with van der Waals surface area (Å²) >= 11 is 3.32. The SMILES string of the molecule is O=C(S)NOC(=O)Oc1ccccc1. The number of ether oxygens (including phenoxy) is 1. The number of carbonyl (C=O) groups excluding carboxylic acids is 2. The Morgan fingerprint density at radius 3 is 2.43 bits per heavy atom. The third-order valence-electron chi connectivity index (χ3n) is 1.17. The van der Waals surface area contributed by atoms with Crippen LogP contribution in [0, 0.1) is 0 Å². The maximum Gasteiger partial charge on any atom is 0.538 e. The monoisotopic (exact) mass is 213 g/mol. The first-order valence-corrected chi connectivity index (χ1v) is 4.06. The van der Waals surface area contributed by atoms with Crippen molar-refractivity contribution in [2.45, 2.75) is 0 Å². The number of amides is 1. The summed E-state index contributed by atoms with van der Waals surface area (Å²) < 4.78 is 4.65. The molecular formula is C8H7NO4S. The van der Waals surface area contributed by atoms with Gasteiger partial charge in [-0.25, -0.2) is 4.79 Å².